The normalized spacial score (nSPS) is 12.0. The van der Waals surface area contributed by atoms with Crippen LogP contribution < -0.4 is 4.74 Å². The van der Waals surface area contributed by atoms with E-state index in [0.29, 0.717) is 0 Å². The second kappa shape index (κ2) is 5.41. The van der Waals surface area contributed by atoms with Crippen LogP contribution >= 0.6 is 58.0 Å². The third-order valence-corrected chi connectivity index (χ3v) is 3.02. The van der Waals surface area contributed by atoms with Crippen LogP contribution in [0.15, 0.2) is 6.07 Å². The summed E-state index contributed by atoms with van der Waals surface area (Å²) >= 11 is 26.7. The zero-order chi connectivity index (χ0) is 13.4. The van der Waals surface area contributed by atoms with Gasteiger partial charge in [0.15, 0.2) is 11.5 Å². The largest absolute Gasteiger partial charge is 0.505 e. The van der Waals surface area contributed by atoms with E-state index in [1.807, 2.05) is 0 Å². The van der Waals surface area contributed by atoms with Gasteiger partial charge >= 0.3 is 6.11 Å². The van der Waals surface area contributed by atoms with Crippen molar-refractivity contribution >= 4 is 58.0 Å². The lowest BCUT2D eigenvalue weighted by molar-refractivity contribution is -0.163. The van der Waals surface area contributed by atoms with E-state index in [4.69, 9.17) is 58.0 Å². The van der Waals surface area contributed by atoms with Crippen molar-refractivity contribution in [3.8, 4) is 11.5 Å². The van der Waals surface area contributed by atoms with Gasteiger partial charge in [0.2, 0.25) is 4.84 Å². The Kier molecular flexibility index (Phi) is 4.83. The van der Waals surface area contributed by atoms with Gasteiger partial charge in [-0.3, -0.25) is 0 Å². The minimum atomic E-state index is -3.92. The first-order valence-corrected chi connectivity index (χ1v) is 5.89. The molecule has 0 aromatic heterocycles. The second-order valence-corrected chi connectivity index (χ2v) is 5.09. The van der Waals surface area contributed by atoms with E-state index in [1.54, 1.807) is 0 Å². The molecule has 0 unspecified atom stereocenters. The van der Waals surface area contributed by atoms with Crippen molar-refractivity contribution in [3.05, 3.63) is 21.1 Å². The van der Waals surface area contributed by atoms with Crippen molar-refractivity contribution in [2.24, 2.45) is 0 Å². The molecule has 2 nitrogen and oxygen atoms in total. The third kappa shape index (κ3) is 3.32. The standard InChI is InChI=1S/C8H3Cl5F2O2/c9-2-1-3(10)6(4(11)5(2)16)17-8(14,15)7(12)13/h1,7,16H. The summed E-state index contributed by atoms with van der Waals surface area (Å²) in [5.41, 5.74) is 0. The summed E-state index contributed by atoms with van der Waals surface area (Å²) < 4.78 is 30.4. The van der Waals surface area contributed by atoms with E-state index in [-0.39, 0.29) is 10.0 Å². The van der Waals surface area contributed by atoms with Crippen LogP contribution in [0.2, 0.25) is 15.1 Å². The van der Waals surface area contributed by atoms with Gasteiger partial charge in [-0.15, -0.1) is 0 Å². The number of benzene rings is 1. The van der Waals surface area contributed by atoms with Crippen molar-refractivity contribution in [2.45, 2.75) is 10.9 Å². The number of ether oxygens (including phenoxy) is 1. The molecule has 0 heterocycles. The second-order valence-electron chi connectivity index (χ2n) is 2.80. The minimum absolute atomic E-state index is 0.205. The molecule has 0 aliphatic carbocycles. The molecule has 0 spiro atoms. The van der Waals surface area contributed by atoms with E-state index in [0.717, 1.165) is 6.07 Å². The van der Waals surface area contributed by atoms with E-state index < -0.39 is 27.5 Å². The average molecular weight is 346 g/mol. The molecule has 0 radical (unpaired) electrons. The molecule has 0 saturated carbocycles. The summed E-state index contributed by atoms with van der Waals surface area (Å²) in [7, 11) is 0. The van der Waals surface area contributed by atoms with Crippen LogP contribution in [0.5, 0.6) is 11.5 Å². The summed E-state index contributed by atoms with van der Waals surface area (Å²) in [5, 5.41) is 8.26. The molecule has 17 heavy (non-hydrogen) atoms. The van der Waals surface area contributed by atoms with Crippen LogP contribution in [0, 0.1) is 0 Å². The van der Waals surface area contributed by atoms with Crippen LogP contribution in [0.1, 0.15) is 0 Å². The van der Waals surface area contributed by atoms with Gasteiger partial charge in [0, 0.05) is 0 Å². The summed E-state index contributed by atoms with van der Waals surface area (Å²) in [5.74, 6) is -1.30. The lowest BCUT2D eigenvalue weighted by Crippen LogP contribution is -2.32. The number of halogens is 7. The molecule has 0 amide bonds. The monoisotopic (exact) mass is 344 g/mol. The zero-order valence-corrected chi connectivity index (χ0v) is 11.4. The van der Waals surface area contributed by atoms with Crippen LogP contribution in [0.4, 0.5) is 8.78 Å². The Labute approximate surface area is 120 Å². The molecule has 1 N–H and O–H groups in total. The highest BCUT2D eigenvalue weighted by molar-refractivity contribution is 6.45. The molecule has 0 fully saturated rings. The molecule has 0 atom stereocenters. The lowest BCUT2D eigenvalue weighted by atomic mass is 10.3. The topological polar surface area (TPSA) is 29.5 Å². The maximum absolute atomic E-state index is 13.1. The first-order valence-electron chi connectivity index (χ1n) is 3.88. The summed E-state index contributed by atoms with van der Waals surface area (Å²) in [4.78, 5) is -2.13. The van der Waals surface area contributed by atoms with Gasteiger partial charge < -0.3 is 9.84 Å². The van der Waals surface area contributed by atoms with Crippen LogP contribution in [-0.2, 0) is 0 Å². The van der Waals surface area contributed by atoms with Crippen molar-refractivity contribution in [1.82, 2.24) is 0 Å². The minimum Gasteiger partial charge on any atom is -0.505 e. The van der Waals surface area contributed by atoms with Crippen molar-refractivity contribution in [3.63, 3.8) is 0 Å². The summed E-state index contributed by atoms with van der Waals surface area (Å²) in [6.07, 6.45) is -3.92. The number of phenols is 1. The molecule has 0 bridgehead atoms. The van der Waals surface area contributed by atoms with Gasteiger partial charge in [0.25, 0.3) is 0 Å². The Morgan fingerprint density at radius 2 is 1.71 bits per heavy atom. The van der Waals surface area contributed by atoms with Gasteiger partial charge in [0.05, 0.1) is 10.0 Å². The Bertz CT molecular complexity index is 438. The third-order valence-electron chi connectivity index (χ3n) is 1.60. The molecule has 0 aliphatic rings. The Balaban J connectivity index is 3.20. The van der Waals surface area contributed by atoms with Gasteiger partial charge in [-0.1, -0.05) is 58.0 Å². The number of phenolic OH excluding ortho intramolecular Hbond substituents is 1. The molecule has 96 valence electrons. The van der Waals surface area contributed by atoms with Crippen LogP contribution in [0.25, 0.3) is 0 Å². The molecule has 9 heteroatoms. The lowest BCUT2D eigenvalue weighted by Gasteiger charge is -2.20. The molecule has 0 aliphatic heterocycles. The maximum Gasteiger partial charge on any atom is 0.428 e. The number of hydrogen-bond donors (Lipinski definition) is 1. The quantitative estimate of drug-likeness (QED) is 0.769. The molecular formula is C8H3Cl5F2O2. The molecule has 1 rings (SSSR count). The molecular weight excluding hydrogens is 343 g/mol. The highest BCUT2D eigenvalue weighted by atomic mass is 35.5. The van der Waals surface area contributed by atoms with Crippen molar-refractivity contribution < 1.29 is 18.6 Å². The Hall–Kier alpha value is 0.130. The molecule has 0 saturated heterocycles. The predicted molar refractivity (Wildman–Crippen MR) is 64.2 cm³/mol. The van der Waals surface area contributed by atoms with Gasteiger partial charge in [-0.2, -0.15) is 8.78 Å². The predicted octanol–water partition coefficient (Wildman–Crippen LogP) is 5.13. The molecule has 1 aromatic rings. The highest BCUT2D eigenvalue weighted by Gasteiger charge is 2.41. The van der Waals surface area contributed by atoms with E-state index in [1.165, 1.54) is 0 Å². The number of aromatic hydroxyl groups is 1. The van der Waals surface area contributed by atoms with E-state index >= 15 is 0 Å². The summed E-state index contributed by atoms with van der Waals surface area (Å²) in [6.45, 7) is 0. The number of hydrogen-bond acceptors (Lipinski definition) is 2. The SMILES string of the molecule is Oc1c(Cl)cc(Cl)c(OC(F)(F)C(Cl)Cl)c1Cl. The zero-order valence-electron chi connectivity index (χ0n) is 7.66. The average Bonchev–Trinajstić information content (AvgIpc) is 2.21. The Morgan fingerprint density at radius 3 is 2.18 bits per heavy atom. The van der Waals surface area contributed by atoms with Gasteiger partial charge in [-0.25, -0.2) is 0 Å². The summed E-state index contributed by atoms with van der Waals surface area (Å²) in [6, 6.07) is 0.993. The van der Waals surface area contributed by atoms with E-state index in [9.17, 15) is 13.9 Å². The fourth-order valence-corrected chi connectivity index (χ4v) is 1.77. The first-order chi connectivity index (χ1) is 7.66. The first kappa shape index (κ1) is 15.2. The number of alkyl halides is 4. The van der Waals surface area contributed by atoms with Gasteiger partial charge in [-0.05, 0) is 6.07 Å². The highest BCUT2D eigenvalue weighted by Crippen LogP contribution is 2.46. The fraction of sp³-hybridized carbons (Fsp3) is 0.250. The van der Waals surface area contributed by atoms with Crippen molar-refractivity contribution in [1.29, 1.82) is 0 Å². The smallest absolute Gasteiger partial charge is 0.428 e. The maximum atomic E-state index is 13.1. The van der Waals surface area contributed by atoms with Crippen LogP contribution in [-0.4, -0.2) is 16.1 Å². The van der Waals surface area contributed by atoms with Crippen molar-refractivity contribution in [2.75, 3.05) is 0 Å². The number of rotatable bonds is 3. The fourth-order valence-electron chi connectivity index (χ4n) is 0.837. The van der Waals surface area contributed by atoms with Crippen LogP contribution in [0.3, 0.4) is 0 Å². The van der Waals surface area contributed by atoms with E-state index in [2.05, 4.69) is 4.74 Å². The molecule has 1 aromatic carbocycles. The van der Waals surface area contributed by atoms with Gasteiger partial charge in [0.1, 0.15) is 5.02 Å². The Morgan fingerprint density at radius 1 is 1.18 bits per heavy atom.